The molecule has 2 aromatic carbocycles. The van der Waals surface area contributed by atoms with Crippen LogP contribution in [0.2, 0.25) is 0 Å². The predicted octanol–water partition coefficient (Wildman–Crippen LogP) is 4.09. The Balaban J connectivity index is 1.72. The van der Waals surface area contributed by atoms with E-state index in [0.29, 0.717) is 0 Å². The summed E-state index contributed by atoms with van der Waals surface area (Å²) in [4.78, 5) is 11.4. The predicted molar refractivity (Wildman–Crippen MR) is 79.1 cm³/mol. The van der Waals surface area contributed by atoms with Crippen molar-refractivity contribution in [1.29, 1.82) is 0 Å². The van der Waals surface area contributed by atoms with Crippen LogP contribution in [-0.2, 0) is 4.74 Å². The topological polar surface area (TPSA) is 38.3 Å². The number of hydrogen-bond acceptors (Lipinski definition) is 2. The zero-order valence-electron chi connectivity index (χ0n) is 12.1. The Kier molecular flexibility index (Phi) is 3.98. The van der Waals surface area contributed by atoms with E-state index in [0.717, 1.165) is 22.3 Å². The number of amides is 1. The molecule has 0 fully saturated rings. The molecule has 3 nitrogen and oxygen atoms in total. The van der Waals surface area contributed by atoms with Crippen molar-refractivity contribution < 1.29 is 22.7 Å². The number of ether oxygens (including phenoxy) is 1. The number of hydrogen-bond donors (Lipinski definition) is 1. The van der Waals surface area contributed by atoms with E-state index in [2.05, 4.69) is 0 Å². The van der Waals surface area contributed by atoms with Gasteiger partial charge >= 0.3 is 12.3 Å². The first kappa shape index (κ1) is 15.4. The fraction of sp³-hybridized carbons (Fsp3) is 0.235. The lowest BCUT2D eigenvalue weighted by Gasteiger charge is -2.15. The van der Waals surface area contributed by atoms with Gasteiger partial charge in [0.2, 0.25) is 0 Å². The van der Waals surface area contributed by atoms with Gasteiger partial charge in [-0.1, -0.05) is 48.5 Å². The zero-order valence-corrected chi connectivity index (χ0v) is 12.1. The van der Waals surface area contributed by atoms with Gasteiger partial charge in [-0.2, -0.15) is 13.2 Å². The molecular formula is C17H14F3NO2. The number of fused-ring (bicyclic) bond motifs is 3. The third-order valence-corrected chi connectivity index (χ3v) is 3.78. The molecular weight excluding hydrogens is 307 g/mol. The van der Waals surface area contributed by atoms with Gasteiger partial charge in [0.05, 0.1) is 0 Å². The lowest BCUT2D eigenvalue weighted by Crippen LogP contribution is -2.34. The Morgan fingerprint density at radius 2 is 1.52 bits per heavy atom. The lowest BCUT2D eigenvalue weighted by molar-refractivity contribution is -0.123. The van der Waals surface area contributed by atoms with Crippen LogP contribution in [0.5, 0.6) is 0 Å². The summed E-state index contributed by atoms with van der Waals surface area (Å²) < 4.78 is 41.2. The van der Waals surface area contributed by atoms with E-state index < -0.39 is 18.8 Å². The van der Waals surface area contributed by atoms with Gasteiger partial charge in [-0.25, -0.2) is 4.79 Å². The molecule has 0 aromatic heterocycles. The molecule has 120 valence electrons. The highest BCUT2D eigenvalue weighted by molar-refractivity contribution is 5.79. The standard InChI is InChI=1S/C17H14F3NO2/c18-17(19,20)10-21-16(22)23-9-15-13-7-3-1-5-11(13)12-6-2-4-8-14(12)15/h1-8,15H,9-10H2,(H,21,22). The van der Waals surface area contributed by atoms with E-state index in [-0.39, 0.29) is 12.5 Å². The minimum absolute atomic E-state index is 0.00226. The lowest BCUT2D eigenvalue weighted by atomic mass is 9.98. The van der Waals surface area contributed by atoms with Crippen LogP contribution in [0.1, 0.15) is 17.0 Å². The molecule has 1 aliphatic rings. The molecule has 0 unspecified atom stereocenters. The third kappa shape index (κ3) is 3.31. The Hall–Kier alpha value is -2.50. The monoisotopic (exact) mass is 321 g/mol. The van der Waals surface area contributed by atoms with E-state index in [1.54, 1.807) is 5.32 Å². The first-order valence-electron chi connectivity index (χ1n) is 7.11. The van der Waals surface area contributed by atoms with Gasteiger partial charge in [0.15, 0.2) is 0 Å². The molecule has 0 saturated heterocycles. The van der Waals surface area contributed by atoms with Gasteiger partial charge in [-0.05, 0) is 22.3 Å². The maximum absolute atomic E-state index is 12.1. The molecule has 6 heteroatoms. The van der Waals surface area contributed by atoms with Crippen LogP contribution in [0.15, 0.2) is 48.5 Å². The molecule has 0 spiro atoms. The van der Waals surface area contributed by atoms with Crippen molar-refractivity contribution in [2.45, 2.75) is 12.1 Å². The van der Waals surface area contributed by atoms with Gasteiger partial charge in [-0.3, -0.25) is 0 Å². The Morgan fingerprint density at radius 3 is 2.04 bits per heavy atom. The van der Waals surface area contributed by atoms with Crippen LogP contribution in [0, 0.1) is 0 Å². The molecule has 23 heavy (non-hydrogen) atoms. The van der Waals surface area contributed by atoms with E-state index in [9.17, 15) is 18.0 Å². The highest BCUT2D eigenvalue weighted by Crippen LogP contribution is 2.44. The Morgan fingerprint density at radius 1 is 1.00 bits per heavy atom. The number of rotatable bonds is 3. The highest BCUT2D eigenvalue weighted by atomic mass is 19.4. The molecule has 0 bridgehead atoms. The van der Waals surface area contributed by atoms with Gasteiger partial charge in [0, 0.05) is 5.92 Å². The fourth-order valence-corrected chi connectivity index (χ4v) is 2.82. The quantitative estimate of drug-likeness (QED) is 0.925. The number of alkyl carbamates (subject to hydrolysis) is 1. The molecule has 3 rings (SSSR count). The van der Waals surface area contributed by atoms with Crippen molar-refractivity contribution >= 4 is 6.09 Å². The van der Waals surface area contributed by atoms with Crippen LogP contribution in [0.3, 0.4) is 0 Å². The van der Waals surface area contributed by atoms with Gasteiger partial charge < -0.3 is 10.1 Å². The molecule has 0 radical (unpaired) electrons. The van der Waals surface area contributed by atoms with Gasteiger partial charge in [0.1, 0.15) is 13.2 Å². The zero-order chi connectivity index (χ0) is 16.4. The number of carbonyl (C=O) groups is 1. The van der Waals surface area contributed by atoms with Crippen LogP contribution < -0.4 is 5.32 Å². The van der Waals surface area contributed by atoms with Crippen molar-refractivity contribution in [1.82, 2.24) is 5.32 Å². The smallest absolute Gasteiger partial charge is 0.407 e. The van der Waals surface area contributed by atoms with E-state index in [1.807, 2.05) is 48.5 Å². The average molecular weight is 321 g/mol. The van der Waals surface area contributed by atoms with Crippen LogP contribution in [-0.4, -0.2) is 25.4 Å². The van der Waals surface area contributed by atoms with Crippen molar-refractivity contribution in [3.63, 3.8) is 0 Å². The van der Waals surface area contributed by atoms with E-state index >= 15 is 0 Å². The molecule has 2 aromatic rings. The maximum Gasteiger partial charge on any atom is 0.407 e. The van der Waals surface area contributed by atoms with Crippen LogP contribution >= 0.6 is 0 Å². The largest absolute Gasteiger partial charge is 0.449 e. The normalized spacial score (nSPS) is 13.3. The highest BCUT2D eigenvalue weighted by Gasteiger charge is 2.30. The van der Waals surface area contributed by atoms with E-state index in [1.165, 1.54) is 0 Å². The molecule has 1 N–H and O–H groups in total. The number of halogens is 3. The number of carbonyl (C=O) groups excluding carboxylic acids is 1. The van der Waals surface area contributed by atoms with Crippen molar-refractivity contribution in [2.24, 2.45) is 0 Å². The number of nitrogens with one attached hydrogen (secondary N) is 1. The third-order valence-electron chi connectivity index (χ3n) is 3.78. The summed E-state index contributed by atoms with van der Waals surface area (Å²) in [6.07, 6.45) is -5.52. The van der Waals surface area contributed by atoms with Crippen molar-refractivity contribution in [2.75, 3.05) is 13.2 Å². The first-order valence-corrected chi connectivity index (χ1v) is 7.11. The first-order chi connectivity index (χ1) is 11.0. The van der Waals surface area contributed by atoms with Crippen LogP contribution in [0.4, 0.5) is 18.0 Å². The number of alkyl halides is 3. The average Bonchev–Trinajstić information content (AvgIpc) is 2.84. The summed E-state index contributed by atoms with van der Waals surface area (Å²) in [5.74, 6) is -0.168. The number of benzene rings is 2. The van der Waals surface area contributed by atoms with Crippen molar-refractivity contribution in [3.8, 4) is 11.1 Å². The van der Waals surface area contributed by atoms with Crippen molar-refractivity contribution in [3.05, 3.63) is 59.7 Å². The summed E-state index contributed by atoms with van der Waals surface area (Å²) in [6, 6.07) is 15.5. The Bertz CT molecular complexity index is 682. The minimum Gasteiger partial charge on any atom is -0.449 e. The summed E-state index contributed by atoms with van der Waals surface area (Å²) in [6.45, 7) is -1.40. The van der Waals surface area contributed by atoms with Gasteiger partial charge in [0.25, 0.3) is 0 Å². The van der Waals surface area contributed by atoms with E-state index in [4.69, 9.17) is 4.74 Å². The Labute approximate surface area is 131 Å². The SMILES string of the molecule is O=C(NCC(F)(F)F)OCC1c2ccccc2-c2ccccc21. The molecule has 0 saturated carbocycles. The fourth-order valence-electron chi connectivity index (χ4n) is 2.82. The second kappa shape index (κ2) is 5.95. The summed E-state index contributed by atoms with van der Waals surface area (Å²) in [7, 11) is 0. The second-order valence-corrected chi connectivity index (χ2v) is 5.29. The summed E-state index contributed by atoms with van der Waals surface area (Å²) in [5, 5.41) is 1.71. The minimum atomic E-state index is -4.45. The molecule has 0 atom stereocenters. The summed E-state index contributed by atoms with van der Waals surface area (Å²) >= 11 is 0. The molecule has 1 amide bonds. The molecule has 1 aliphatic carbocycles. The maximum atomic E-state index is 12.1. The summed E-state index contributed by atoms with van der Waals surface area (Å²) in [5.41, 5.74) is 4.15. The second-order valence-electron chi connectivity index (χ2n) is 5.29. The molecule has 0 heterocycles. The van der Waals surface area contributed by atoms with Crippen LogP contribution in [0.25, 0.3) is 11.1 Å². The van der Waals surface area contributed by atoms with Gasteiger partial charge in [-0.15, -0.1) is 0 Å². The molecule has 0 aliphatic heterocycles.